The lowest BCUT2D eigenvalue weighted by atomic mass is 9.99. The first-order chi connectivity index (χ1) is 10.1. The van der Waals surface area contributed by atoms with Crippen LogP contribution in [0.25, 0.3) is 0 Å². The summed E-state index contributed by atoms with van der Waals surface area (Å²) in [5.41, 5.74) is 2.83. The molecule has 0 saturated heterocycles. The Morgan fingerprint density at radius 2 is 1.90 bits per heavy atom. The van der Waals surface area contributed by atoms with Crippen molar-refractivity contribution in [2.24, 2.45) is 0 Å². The van der Waals surface area contributed by atoms with Gasteiger partial charge in [0.05, 0.1) is 0 Å². The van der Waals surface area contributed by atoms with Crippen molar-refractivity contribution in [2.45, 2.75) is 51.6 Å². The second-order valence-electron chi connectivity index (χ2n) is 5.97. The van der Waals surface area contributed by atoms with Crippen molar-refractivity contribution in [3.05, 3.63) is 56.2 Å². The Balaban J connectivity index is 1.70. The SMILES string of the molecule is CC(NC(C)c1cc2c(s1)CCCC2)c1cccc(Cl)c1. The van der Waals surface area contributed by atoms with Crippen molar-refractivity contribution in [1.29, 1.82) is 0 Å². The lowest BCUT2D eigenvalue weighted by Gasteiger charge is -2.19. The summed E-state index contributed by atoms with van der Waals surface area (Å²) in [6, 6.07) is 11.2. The number of fused-ring (bicyclic) bond motifs is 1. The second kappa shape index (κ2) is 6.51. The highest BCUT2D eigenvalue weighted by Gasteiger charge is 2.18. The van der Waals surface area contributed by atoms with Crippen molar-refractivity contribution in [3.8, 4) is 0 Å². The van der Waals surface area contributed by atoms with E-state index in [0.717, 1.165) is 5.02 Å². The van der Waals surface area contributed by atoms with Gasteiger partial charge in [-0.1, -0.05) is 23.7 Å². The molecule has 1 heterocycles. The highest BCUT2D eigenvalue weighted by Crippen LogP contribution is 2.33. The van der Waals surface area contributed by atoms with Crippen molar-refractivity contribution < 1.29 is 0 Å². The largest absolute Gasteiger partial charge is 0.303 e. The fraction of sp³-hybridized carbons (Fsp3) is 0.444. The van der Waals surface area contributed by atoms with E-state index in [-0.39, 0.29) is 0 Å². The minimum absolute atomic E-state index is 0.304. The quantitative estimate of drug-likeness (QED) is 0.763. The monoisotopic (exact) mass is 319 g/mol. The first kappa shape index (κ1) is 15.1. The molecule has 21 heavy (non-hydrogen) atoms. The van der Waals surface area contributed by atoms with E-state index in [4.69, 9.17) is 11.6 Å². The van der Waals surface area contributed by atoms with E-state index in [1.54, 1.807) is 10.4 Å². The number of hydrogen-bond donors (Lipinski definition) is 1. The van der Waals surface area contributed by atoms with Gasteiger partial charge in [0.2, 0.25) is 0 Å². The molecule has 1 aromatic heterocycles. The van der Waals surface area contributed by atoms with E-state index >= 15 is 0 Å². The minimum atomic E-state index is 0.304. The Bertz CT molecular complexity index is 596. The molecule has 1 nitrogen and oxygen atoms in total. The normalized spacial score (nSPS) is 17.3. The molecular formula is C18H22ClNS. The molecule has 2 unspecified atom stereocenters. The number of nitrogens with one attached hydrogen (secondary N) is 1. The van der Waals surface area contributed by atoms with E-state index in [2.05, 4.69) is 31.3 Å². The number of thiophene rings is 1. The van der Waals surface area contributed by atoms with E-state index in [9.17, 15) is 0 Å². The van der Waals surface area contributed by atoms with E-state index < -0.39 is 0 Å². The average molecular weight is 320 g/mol. The summed E-state index contributed by atoms with van der Waals surface area (Å²) in [6.45, 7) is 4.47. The first-order valence-electron chi connectivity index (χ1n) is 7.76. The number of rotatable bonds is 4. The predicted molar refractivity (Wildman–Crippen MR) is 92.4 cm³/mol. The number of halogens is 1. The van der Waals surface area contributed by atoms with Crippen LogP contribution in [0.3, 0.4) is 0 Å². The molecule has 0 aliphatic heterocycles. The van der Waals surface area contributed by atoms with Crippen LogP contribution in [0.4, 0.5) is 0 Å². The molecule has 0 amide bonds. The molecule has 0 fully saturated rings. The smallest absolute Gasteiger partial charge is 0.0409 e. The van der Waals surface area contributed by atoms with Crippen LogP contribution in [-0.4, -0.2) is 0 Å². The third kappa shape index (κ3) is 3.50. The van der Waals surface area contributed by atoms with Crippen LogP contribution < -0.4 is 5.32 Å². The molecule has 2 atom stereocenters. The molecule has 0 saturated carbocycles. The number of benzene rings is 1. The Hall–Kier alpha value is -0.830. The molecule has 0 bridgehead atoms. The van der Waals surface area contributed by atoms with Gasteiger partial charge in [-0.15, -0.1) is 11.3 Å². The maximum Gasteiger partial charge on any atom is 0.0409 e. The van der Waals surface area contributed by atoms with Gasteiger partial charge in [0.15, 0.2) is 0 Å². The molecule has 1 aromatic carbocycles. The van der Waals surface area contributed by atoms with Crippen molar-refractivity contribution in [1.82, 2.24) is 5.32 Å². The zero-order valence-corrected chi connectivity index (χ0v) is 14.2. The molecule has 3 rings (SSSR count). The number of aryl methyl sites for hydroxylation is 2. The first-order valence-corrected chi connectivity index (χ1v) is 8.96. The molecule has 1 N–H and O–H groups in total. The van der Waals surface area contributed by atoms with Gasteiger partial charge in [0.25, 0.3) is 0 Å². The lowest BCUT2D eigenvalue weighted by molar-refractivity contribution is 0.500. The summed E-state index contributed by atoms with van der Waals surface area (Å²) in [5, 5.41) is 4.51. The van der Waals surface area contributed by atoms with Crippen LogP contribution in [0.5, 0.6) is 0 Å². The zero-order chi connectivity index (χ0) is 14.8. The van der Waals surface area contributed by atoms with Gasteiger partial charge in [0.1, 0.15) is 0 Å². The van der Waals surface area contributed by atoms with Crippen LogP contribution >= 0.6 is 22.9 Å². The third-order valence-corrected chi connectivity index (χ3v) is 5.95. The highest BCUT2D eigenvalue weighted by molar-refractivity contribution is 7.12. The maximum atomic E-state index is 6.09. The van der Waals surface area contributed by atoms with Crippen LogP contribution in [0, 0.1) is 0 Å². The molecule has 1 aliphatic carbocycles. The topological polar surface area (TPSA) is 12.0 Å². The number of hydrogen-bond acceptors (Lipinski definition) is 2. The summed E-state index contributed by atoms with van der Waals surface area (Å²) in [4.78, 5) is 3.08. The van der Waals surface area contributed by atoms with Crippen molar-refractivity contribution in [2.75, 3.05) is 0 Å². The molecule has 0 spiro atoms. The van der Waals surface area contributed by atoms with Crippen LogP contribution in [-0.2, 0) is 12.8 Å². The Morgan fingerprint density at radius 3 is 2.67 bits per heavy atom. The summed E-state index contributed by atoms with van der Waals surface area (Å²) in [5.74, 6) is 0. The Labute approximate surface area is 136 Å². The molecule has 3 heteroatoms. The van der Waals surface area contributed by atoms with E-state index in [0.29, 0.717) is 12.1 Å². The second-order valence-corrected chi connectivity index (χ2v) is 7.57. The standard InChI is InChI=1S/C18H22ClNS/c1-12(14-7-5-8-16(19)10-14)20-13(2)18-11-15-6-3-4-9-17(15)21-18/h5,7-8,10-13,20H,3-4,6,9H2,1-2H3. The Morgan fingerprint density at radius 1 is 1.10 bits per heavy atom. The predicted octanol–water partition coefficient (Wildman–Crippen LogP) is 5.69. The van der Waals surface area contributed by atoms with Gasteiger partial charge < -0.3 is 5.32 Å². The third-order valence-electron chi connectivity index (χ3n) is 4.29. The fourth-order valence-electron chi connectivity index (χ4n) is 3.06. The van der Waals surface area contributed by atoms with Crippen molar-refractivity contribution in [3.63, 3.8) is 0 Å². The molecule has 1 aliphatic rings. The summed E-state index contributed by atoms with van der Waals surface area (Å²) >= 11 is 8.08. The zero-order valence-electron chi connectivity index (χ0n) is 12.7. The summed E-state index contributed by atoms with van der Waals surface area (Å²) in [6.07, 6.45) is 5.25. The van der Waals surface area contributed by atoms with E-state index in [1.807, 2.05) is 29.5 Å². The maximum absolute atomic E-state index is 6.09. The Kier molecular flexibility index (Phi) is 4.68. The summed E-state index contributed by atoms with van der Waals surface area (Å²) < 4.78 is 0. The van der Waals surface area contributed by atoms with Gasteiger partial charge in [-0.05, 0) is 68.9 Å². The van der Waals surface area contributed by atoms with Gasteiger partial charge >= 0.3 is 0 Å². The fourth-order valence-corrected chi connectivity index (χ4v) is 4.52. The minimum Gasteiger partial charge on any atom is -0.303 e. The van der Waals surface area contributed by atoms with Crippen LogP contribution in [0.15, 0.2) is 30.3 Å². The highest BCUT2D eigenvalue weighted by atomic mass is 35.5. The van der Waals surface area contributed by atoms with Crippen LogP contribution in [0.1, 0.15) is 59.7 Å². The van der Waals surface area contributed by atoms with Gasteiger partial charge in [0, 0.05) is 26.9 Å². The van der Waals surface area contributed by atoms with Crippen molar-refractivity contribution >= 4 is 22.9 Å². The lowest BCUT2D eigenvalue weighted by Crippen LogP contribution is -2.21. The molecule has 2 aromatic rings. The summed E-state index contributed by atoms with van der Waals surface area (Å²) in [7, 11) is 0. The molecule has 0 radical (unpaired) electrons. The van der Waals surface area contributed by atoms with E-state index in [1.165, 1.54) is 36.1 Å². The van der Waals surface area contributed by atoms with Gasteiger partial charge in [-0.3, -0.25) is 0 Å². The average Bonchev–Trinajstić information content (AvgIpc) is 2.91. The van der Waals surface area contributed by atoms with Crippen LogP contribution in [0.2, 0.25) is 5.02 Å². The molecule has 112 valence electrons. The molecular weight excluding hydrogens is 298 g/mol. The van der Waals surface area contributed by atoms with Gasteiger partial charge in [-0.2, -0.15) is 0 Å². The van der Waals surface area contributed by atoms with Gasteiger partial charge in [-0.25, -0.2) is 0 Å².